The maximum Gasteiger partial charge on any atom is 0.451 e. The minimum absolute atomic E-state index is 0.234. The zero-order valence-electron chi connectivity index (χ0n) is 10.2. The van der Waals surface area contributed by atoms with E-state index in [2.05, 4.69) is 19.7 Å². The second-order valence-corrected chi connectivity index (χ2v) is 3.71. The molecule has 0 amide bonds. The molecular weight excluding hydrogens is 275 g/mol. The molecule has 0 fully saturated rings. The third-order valence-corrected chi connectivity index (χ3v) is 2.38. The summed E-state index contributed by atoms with van der Waals surface area (Å²) in [4.78, 5) is 21.8. The molecule has 5 nitrogen and oxygen atoms in total. The van der Waals surface area contributed by atoms with Crippen LogP contribution < -0.4 is 0 Å². The van der Waals surface area contributed by atoms with Gasteiger partial charge in [-0.15, -0.1) is 0 Å². The van der Waals surface area contributed by atoms with Crippen molar-refractivity contribution in [1.82, 2.24) is 15.0 Å². The molecule has 0 spiro atoms. The van der Waals surface area contributed by atoms with Crippen LogP contribution in [0.25, 0.3) is 11.3 Å². The molecule has 2 heterocycles. The van der Waals surface area contributed by atoms with Gasteiger partial charge in [-0.05, 0) is 12.1 Å². The van der Waals surface area contributed by atoms with Crippen LogP contribution in [0, 0.1) is 0 Å². The number of aromatic nitrogens is 3. The second-order valence-electron chi connectivity index (χ2n) is 3.71. The summed E-state index contributed by atoms with van der Waals surface area (Å²) in [7, 11) is 1.23. The molecule has 0 radical (unpaired) electrons. The van der Waals surface area contributed by atoms with Gasteiger partial charge < -0.3 is 4.74 Å². The normalized spacial score (nSPS) is 11.2. The smallest absolute Gasteiger partial charge is 0.451 e. The number of rotatable bonds is 2. The molecular formula is C12H8F3N3O2. The molecule has 104 valence electrons. The zero-order chi connectivity index (χ0) is 14.8. The highest BCUT2D eigenvalue weighted by Crippen LogP contribution is 2.26. The van der Waals surface area contributed by atoms with Gasteiger partial charge in [0.25, 0.3) is 0 Å². The van der Waals surface area contributed by atoms with Crippen molar-refractivity contribution in [3.05, 3.63) is 42.1 Å². The minimum Gasteiger partial charge on any atom is -0.465 e. The number of hydrogen-bond acceptors (Lipinski definition) is 5. The lowest BCUT2D eigenvalue weighted by Gasteiger charge is -2.06. The highest BCUT2D eigenvalue weighted by atomic mass is 19.4. The van der Waals surface area contributed by atoms with Crippen LogP contribution in [0.4, 0.5) is 13.2 Å². The first-order valence-corrected chi connectivity index (χ1v) is 5.36. The van der Waals surface area contributed by atoms with E-state index < -0.39 is 18.0 Å². The fraction of sp³-hybridized carbons (Fsp3) is 0.167. The molecule has 8 heteroatoms. The summed E-state index contributed by atoms with van der Waals surface area (Å²) in [5, 5.41) is 0. The van der Waals surface area contributed by atoms with Crippen LogP contribution >= 0.6 is 0 Å². The van der Waals surface area contributed by atoms with Gasteiger partial charge >= 0.3 is 12.1 Å². The summed E-state index contributed by atoms with van der Waals surface area (Å²) in [6.07, 6.45) is -1.25. The largest absolute Gasteiger partial charge is 0.465 e. The molecule has 0 aliphatic carbocycles. The van der Waals surface area contributed by atoms with E-state index in [9.17, 15) is 18.0 Å². The van der Waals surface area contributed by atoms with Crippen molar-refractivity contribution in [3.63, 3.8) is 0 Å². The molecule has 0 N–H and O–H groups in total. The molecule has 0 atom stereocenters. The van der Waals surface area contributed by atoms with Crippen LogP contribution in [-0.4, -0.2) is 28.0 Å². The Labute approximate surface area is 111 Å². The maximum atomic E-state index is 12.3. The predicted octanol–water partition coefficient (Wildman–Crippen LogP) is 2.34. The molecule has 0 aliphatic heterocycles. The zero-order valence-corrected chi connectivity index (χ0v) is 10.2. The quantitative estimate of drug-likeness (QED) is 0.791. The first-order chi connectivity index (χ1) is 9.41. The Morgan fingerprint density at radius 3 is 2.40 bits per heavy atom. The Morgan fingerprint density at radius 2 is 1.85 bits per heavy atom. The van der Waals surface area contributed by atoms with Crippen LogP contribution in [0.2, 0.25) is 0 Å². The molecule has 0 saturated heterocycles. The Kier molecular flexibility index (Phi) is 3.64. The number of ether oxygens (including phenoxy) is 1. The van der Waals surface area contributed by atoms with Gasteiger partial charge in [0, 0.05) is 24.2 Å². The van der Waals surface area contributed by atoms with Gasteiger partial charge in [-0.2, -0.15) is 13.2 Å². The fourth-order valence-electron chi connectivity index (χ4n) is 1.44. The summed E-state index contributed by atoms with van der Waals surface area (Å²) in [5.41, 5.74) is 0.780. The standard InChI is InChI=1S/C12H8F3N3O2/c1-20-10(19)7-2-3-16-9(4-7)8-5-17-11(18-6-8)12(13,14)15/h2-6H,1H3. The number of hydrogen-bond donors (Lipinski definition) is 0. The average Bonchev–Trinajstić information content (AvgIpc) is 2.46. The van der Waals surface area contributed by atoms with Gasteiger partial charge in [-0.3, -0.25) is 4.98 Å². The minimum atomic E-state index is -4.60. The van der Waals surface area contributed by atoms with Gasteiger partial charge in [0.2, 0.25) is 5.82 Å². The average molecular weight is 283 g/mol. The summed E-state index contributed by atoms with van der Waals surface area (Å²) >= 11 is 0. The van der Waals surface area contributed by atoms with E-state index in [4.69, 9.17) is 0 Å². The number of carbonyl (C=O) groups is 1. The monoisotopic (exact) mass is 283 g/mol. The van der Waals surface area contributed by atoms with E-state index in [1.54, 1.807) is 0 Å². The highest BCUT2D eigenvalue weighted by molar-refractivity contribution is 5.90. The maximum absolute atomic E-state index is 12.3. The topological polar surface area (TPSA) is 65.0 Å². The third-order valence-electron chi connectivity index (χ3n) is 2.38. The SMILES string of the molecule is COC(=O)c1ccnc(-c2cnc(C(F)(F)F)nc2)c1. The van der Waals surface area contributed by atoms with E-state index in [1.807, 2.05) is 0 Å². The first-order valence-electron chi connectivity index (χ1n) is 5.36. The van der Waals surface area contributed by atoms with E-state index in [1.165, 1.54) is 25.4 Å². The van der Waals surface area contributed by atoms with Crippen molar-refractivity contribution in [2.45, 2.75) is 6.18 Å². The lowest BCUT2D eigenvalue weighted by Crippen LogP contribution is -2.10. The fourth-order valence-corrected chi connectivity index (χ4v) is 1.44. The third kappa shape index (κ3) is 2.90. The van der Waals surface area contributed by atoms with Crippen LogP contribution in [0.5, 0.6) is 0 Å². The number of pyridine rings is 1. The molecule has 0 aliphatic rings. The van der Waals surface area contributed by atoms with Crippen LogP contribution in [0.3, 0.4) is 0 Å². The molecule has 2 aromatic rings. The second kappa shape index (κ2) is 5.24. The molecule has 0 bridgehead atoms. The Bertz CT molecular complexity index is 627. The summed E-state index contributed by atoms with van der Waals surface area (Å²) in [6.45, 7) is 0. The molecule has 2 aromatic heterocycles. The lowest BCUT2D eigenvalue weighted by atomic mass is 10.1. The van der Waals surface area contributed by atoms with Crippen molar-refractivity contribution in [2.24, 2.45) is 0 Å². The Hall–Kier alpha value is -2.51. The van der Waals surface area contributed by atoms with Crippen LogP contribution in [-0.2, 0) is 10.9 Å². The van der Waals surface area contributed by atoms with Gasteiger partial charge in [0.1, 0.15) is 0 Å². The molecule has 0 aromatic carbocycles. The molecule has 20 heavy (non-hydrogen) atoms. The number of nitrogens with zero attached hydrogens (tertiary/aromatic N) is 3. The van der Waals surface area contributed by atoms with Gasteiger partial charge in [0.15, 0.2) is 0 Å². The van der Waals surface area contributed by atoms with Crippen molar-refractivity contribution >= 4 is 5.97 Å². The first kappa shape index (κ1) is 13.9. The number of halogens is 3. The van der Waals surface area contributed by atoms with E-state index >= 15 is 0 Å². The highest BCUT2D eigenvalue weighted by Gasteiger charge is 2.34. The summed E-state index contributed by atoms with van der Waals surface area (Å²) in [6, 6.07) is 2.82. The van der Waals surface area contributed by atoms with E-state index in [-0.39, 0.29) is 16.8 Å². The van der Waals surface area contributed by atoms with Crippen LogP contribution in [0.1, 0.15) is 16.2 Å². The predicted molar refractivity (Wildman–Crippen MR) is 61.6 cm³/mol. The van der Waals surface area contributed by atoms with Gasteiger partial charge in [-0.25, -0.2) is 14.8 Å². The van der Waals surface area contributed by atoms with Gasteiger partial charge in [-0.1, -0.05) is 0 Å². The Morgan fingerprint density at radius 1 is 1.20 bits per heavy atom. The number of alkyl halides is 3. The van der Waals surface area contributed by atoms with Crippen molar-refractivity contribution < 1.29 is 22.7 Å². The van der Waals surface area contributed by atoms with Crippen molar-refractivity contribution in [2.75, 3.05) is 7.11 Å². The summed E-state index contributed by atoms with van der Waals surface area (Å²) < 4.78 is 41.6. The number of esters is 1. The lowest BCUT2D eigenvalue weighted by molar-refractivity contribution is -0.144. The van der Waals surface area contributed by atoms with Crippen LogP contribution in [0.15, 0.2) is 30.7 Å². The van der Waals surface area contributed by atoms with E-state index in [0.29, 0.717) is 0 Å². The molecule has 0 unspecified atom stereocenters. The number of carbonyl (C=O) groups excluding carboxylic acids is 1. The van der Waals surface area contributed by atoms with E-state index in [0.717, 1.165) is 12.4 Å². The van der Waals surface area contributed by atoms with Gasteiger partial charge in [0.05, 0.1) is 18.4 Å². The summed E-state index contributed by atoms with van der Waals surface area (Å²) in [5.74, 6) is -1.80. The molecule has 0 saturated carbocycles. The number of methoxy groups -OCH3 is 1. The molecule has 2 rings (SSSR count). The Balaban J connectivity index is 2.35. The van der Waals surface area contributed by atoms with Crippen molar-refractivity contribution in [1.29, 1.82) is 0 Å². The van der Waals surface area contributed by atoms with Crippen molar-refractivity contribution in [3.8, 4) is 11.3 Å².